The fraction of sp³-hybridized carbons (Fsp3) is 0.208. The highest BCUT2D eigenvalue weighted by atomic mass is 32.2. The number of hydrazone groups is 1. The summed E-state index contributed by atoms with van der Waals surface area (Å²) in [6.45, 7) is 0.158. The van der Waals surface area contributed by atoms with E-state index in [4.69, 9.17) is 4.42 Å². The Bertz CT molecular complexity index is 1380. The molecule has 0 saturated carbocycles. The first-order valence-electron chi connectivity index (χ1n) is 11.0. The average molecular weight is 525 g/mol. The van der Waals surface area contributed by atoms with Gasteiger partial charge in [-0.15, -0.1) is 21.5 Å². The number of thioether (sulfide) groups is 1. The normalized spacial score (nSPS) is 15.2. The van der Waals surface area contributed by atoms with Crippen LogP contribution in [0.5, 0.6) is 0 Å². The van der Waals surface area contributed by atoms with Gasteiger partial charge in [-0.2, -0.15) is 5.10 Å². The van der Waals surface area contributed by atoms with Gasteiger partial charge < -0.3 is 14.3 Å². The van der Waals surface area contributed by atoms with Gasteiger partial charge in [0, 0.05) is 13.5 Å². The molecule has 12 heteroatoms. The van der Waals surface area contributed by atoms with Crippen molar-refractivity contribution in [1.82, 2.24) is 25.1 Å². The number of nitrogens with one attached hydrogen (secondary N) is 1. The number of thiophene rings is 1. The van der Waals surface area contributed by atoms with Crippen LogP contribution in [0.4, 0.5) is 4.39 Å². The lowest BCUT2D eigenvalue weighted by Crippen LogP contribution is -2.28. The van der Waals surface area contributed by atoms with E-state index in [2.05, 4.69) is 20.6 Å². The second-order valence-electron chi connectivity index (χ2n) is 7.94. The topological polar surface area (TPSA) is 106 Å². The number of amides is 2. The van der Waals surface area contributed by atoms with E-state index in [1.165, 1.54) is 35.2 Å². The Kier molecular flexibility index (Phi) is 6.96. The van der Waals surface area contributed by atoms with Crippen molar-refractivity contribution in [3.8, 4) is 0 Å². The van der Waals surface area contributed by atoms with E-state index in [1.807, 2.05) is 17.5 Å². The molecule has 0 fully saturated rings. The van der Waals surface area contributed by atoms with Crippen LogP contribution < -0.4 is 5.32 Å². The number of hydrogen-bond acceptors (Lipinski definition) is 8. The van der Waals surface area contributed by atoms with Gasteiger partial charge in [0.05, 0.1) is 35.2 Å². The molecule has 1 aliphatic heterocycles. The van der Waals surface area contributed by atoms with Gasteiger partial charge in [0.1, 0.15) is 5.82 Å². The second-order valence-corrected chi connectivity index (χ2v) is 9.83. The molecule has 0 saturated heterocycles. The zero-order valence-corrected chi connectivity index (χ0v) is 20.8. The van der Waals surface area contributed by atoms with Gasteiger partial charge in [0.25, 0.3) is 11.8 Å². The van der Waals surface area contributed by atoms with Gasteiger partial charge in [-0.1, -0.05) is 30.0 Å². The largest absolute Gasteiger partial charge is 0.459 e. The van der Waals surface area contributed by atoms with Crippen LogP contribution in [0.2, 0.25) is 0 Å². The van der Waals surface area contributed by atoms with E-state index >= 15 is 0 Å². The van der Waals surface area contributed by atoms with Crippen molar-refractivity contribution in [2.24, 2.45) is 12.1 Å². The summed E-state index contributed by atoms with van der Waals surface area (Å²) in [7, 11) is 1.77. The molecule has 0 bridgehead atoms. The Morgan fingerprint density at radius 3 is 2.75 bits per heavy atom. The van der Waals surface area contributed by atoms with Crippen molar-refractivity contribution in [1.29, 1.82) is 0 Å². The number of hydrogen-bond donors (Lipinski definition) is 1. The summed E-state index contributed by atoms with van der Waals surface area (Å²) in [4.78, 5) is 26.3. The van der Waals surface area contributed by atoms with Crippen molar-refractivity contribution in [2.45, 2.75) is 24.2 Å². The fourth-order valence-corrected chi connectivity index (χ4v) is 5.25. The standard InChI is InChI=1S/C24H21FN6O3S2/c1-30-21(13-26-23(33)19-4-2-10-34-19)27-28-24(30)36-14-22(32)31-18(15-6-8-16(25)9-7-15)12-17(29-31)20-5-3-11-35-20/h2-11,18H,12-14H2,1H3,(H,26,33)/t18-/m0/s1. The van der Waals surface area contributed by atoms with Gasteiger partial charge in [-0.25, -0.2) is 9.40 Å². The molecular weight excluding hydrogens is 503 g/mol. The molecule has 0 radical (unpaired) electrons. The van der Waals surface area contributed by atoms with Crippen LogP contribution in [-0.4, -0.2) is 43.1 Å². The highest BCUT2D eigenvalue weighted by molar-refractivity contribution is 7.99. The Balaban J connectivity index is 1.26. The summed E-state index contributed by atoms with van der Waals surface area (Å²) >= 11 is 2.80. The number of aromatic nitrogens is 3. The van der Waals surface area contributed by atoms with Gasteiger partial charge >= 0.3 is 0 Å². The lowest BCUT2D eigenvalue weighted by atomic mass is 10.0. The molecule has 4 aromatic rings. The van der Waals surface area contributed by atoms with Crippen LogP contribution in [0.25, 0.3) is 0 Å². The molecule has 4 heterocycles. The number of nitrogens with zero attached hydrogens (tertiary/aromatic N) is 5. The first-order chi connectivity index (χ1) is 17.5. The van der Waals surface area contributed by atoms with Crippen LogP contribution in [0, 0.1) is 5.82 Å². The summed E-state index contributed by atoms with van der Waals surface area (Å²) in [5.74, 6) is -0.0505. The molecule has 3 aromatic heterocycles. The molecule has 1 atom stereocenters. The third-order valence-electron chi connectivity index (χ3n) is 5.63. The summed E-state index contributed by atoms with van der Waals surface area (Å²) in [5, 5.41) is 19.6. The average Bonchev–Trinajstić information content (AvgIpc) is 3.69. The van der Waals surface area contributed by atoms with Crippen LogP contribution in [0.3, 0.4) is 0 Å². The lowest BCUT2D eigenvalue weighted by molar-refractivity contribution is -0.130. The van der Waals surface area contributed by atoms with Crippen molar-refractivity contribution in [3.05, 3.63) is 88.0 Å². The zero-order chi connectivity index (χ0) is 25.1. The maximum atomic E-state index is 13.5. The smallest absolute Gasteiger partial charge is 0.287 e. The Morgan fingerprint density at radius 1 is 1.19 bits per heavy atom. The Morgan fingerprint density at radius 2 is 2.03 bits per heavy atom. The molecule has 2 amide bonds. The molecule has 1 aliphatic rings. The predicted octanol–water partition coefficient (Wildman–Crippen LogP) is 4.01. The minimum Gasteiger partial charge on any atom is -0.459 e. The highest BCUT2D eigenvalue weighted by Gasteiger charge is 2.33. The monoisotopic (exact) mass is 524 g/mol. The van der Waals surface area contributed by atoms with Crippen LogP contribution in [-0.2, 0) is 18.4 Å². The third kappa shape index (κ3) is 5.09. The van der Waals surface area contributed by atoms with Crippen molar-refractivity contribution in [2.75, 3.05) is 5.75 Å². The first kappa shape index (κ1) is 23.9. The number of rotatable bonds is 8. The van der Waals surface area contributed by atoms with E-state index in [9.17, 15) is 14.0 Å². The van der Waals surface area contributed by atoms with E-state index in [0.29, 0.717) is 17.4 Å². The van der Waals surface area contributed by atoms with Crippen LogP contribution in [0.15, 0.2) is 74.8 Å². The van der Waals surface area contributed by atoms with E-state index in [0.717, 1.165) is 16.2 Å². The quantitative estimate of drug-likeness (QED) is 0.349. The number of benzene rings is 1. The first-order valence-corrected chi connectivity index (χ1v) is 12.9. The van der Waals surface area contributed by atoms with Gasteiger partial charge in [-0.05, 0) is 41.3 Å². The van der Waals surface area contributed by atoms with Crippen molar-refractivity contribution < 1.29 is 18.4 Å². The predicted molar refractivity (Wildman–Crippen MR) is 133 cm³/mol. The number of carbonyl (C=O) groups excluding carboxylic acids is 2. The minimum atomic E-state index is -0.354. The summed E-state index contributed by atoms with van der Waals surface area (Å²) in [5.41, 5.74) is 1.64. The summed E-state index contributed by atoms with van der Waals surface area (Å²) < 4.78 is 20.3. The lowest BCUT2D eigenvalue weighted by Gasteiger charge is -2.21. The molecular formula is C24H21FN6O3S2. The fourth-order valence-electron chi connectivity index (χ4n) is 3.75. The number of halogens is 1. The SMILES string of the molecule is Cn1c(CNC(=O)c2ccco2)nnc1SCC(=O)N1N=C(c2cccs2)C[C@H]1c1ccc(F)cc1. The maximum absolute atomic E-state index is 13.5. The molecule has 0 unspecified atom stereocenters. The molecule has 9 nitrogen and oxygen atoms in total. The van der Waals surface area contributed by atoms with Crippen molar-refractivity contribution in [3.63, 3.8) is 0 Å². The number of carbonyl (C=O) groups is 2. The summed E-state index contributed by atoms with van der Waals surface area (Å²) in [6.07, 6.45) is 1.98. The molecule has 5 rings (SSSR count). The van der Waals surface area contributed by atoms with E-state index in [1.54, 1.807) is 47.2 Å². The van der Waals surface area contributed by atoms with Gasteiger partial charge in [0.2, 0.25) is 0 Å². The molecule has 0 spiro atoms. The Labute approximate surface area is 214 Å². The van der Waals surface area contributed by atoms with Crippen LogP contribution >= 0.6 is 23.1 Å². The zero-order valence-electron chi connectivity index (χ0n) is 19.1. The van der Waals surface area contributed by atoms with Gasteiger partial charge in [0.15, 0.2) is 16.7 Å². The highest BCUT2D eigenvalue weighted by Crippen LogP contribution is 2.34. The Hall–Kier alpha value is -3.77. The van der Waals surface area contributed by atoms with Gasteiger partial charge in [-0.3, -0.25) is 9.59 Å². The molecule has 0 aliphatic carbocycles. The maximum Gasteiger partial charge on any atom is 0.287 e. The molecule has 184 valence electrons. The minimum absolute atomic E-state index is 0.0869. The molecule has 1 aromatic carbocycles. The molecule has 36 heavy (non-hydrogen) atoms. The second kappa shape index (κ2) is 10.5. The molecule has 1 N–H and O–H groups in total. The number of furan rings is 1. The van der Waals surface area contributed by atoms with E-state index < -0.39 is 0 Å². The van der Waals surface area contributed by atoms with Crippen molar-refractivity contribution >= 4 is 40.6 Å². The third-order valence-corrected chi connectivity index (χ3v) is 7.55. The van der Waals surface area contributed by atoms with Crippen LogP contribution in [0.1, 0.15) is 39.3 Å². The van der Waals surface area contributed by atoms with E-state index in [-0.39, 0.29) is 41.7 Å². The summed E-state index contributed by atoms with van der Waals surface area (Å²) in [6, 6.07) is 13.0.